The van der Waals surface area contributed by atoms with Crippen molar-refractivity contribution in [3.8, 4) is 0 Å². The molecule has 2 N–H and O–H groups in total. The van der Waals surface area contributed by atoms with E-state index in [-0.39, 0.29) is 12.0 Å². The van der Waals surface area contributed by atoms with Gasteiger partial charge in [-0.05, 0) is 25.2 Å². The lowest BCUT2D eigenvalue weighted by molar-refractivity contribution is -0.143. The van der Waals surface area contributed by atoms with Crippen molar-refractivity contribution in [3.63, 3.8) is 0 Å². The average Bonchev–Trinajstić information content (AvgIpc) is 2.42. The Morgan fingerprint density at radius 1 is 1.09 bits per heavy atom. The van der Waals surface area contributed by atoms with Crippen molar-refractivity contribution in [3.05, 3.63) is 0 Å². The van der Waals surface area contributed by atoms with Crippen LogP contribution in [0, 0.1) is 11.8 Å². The Bertz CT molecular complexity index is 132. The molecule has 64 valence electrons. The van der Waals surface area contributed by atoms with E-state index in [0.717, 1.165) is 19.3 Å². The third-order valence-corrected chi connectivity index (χ3v) is 2.90. The van der Waals surface area contributed by atoms with Crippen molar-refractivity contribution in [1.29, 1.82) is 0 Å². The predicted molar refractivity (Wildman–Crippen MR) is 38.8 cm³/mol. The van der Waals surface area contributed by atoms with Crippen LogP contribution in [0.2, 0.25) is 0 Å². The molecule has 1 saturated heterocycles. The van der Waals surface area contributed by atoms with Crippen LogP contribution in [0.15, 0.2) is 0 Å². The van der Waals surface area contributed by atoms with Crippen molar-refractivity contribution >= 4 is 0 Å². The summed E-state index contributed by atoms with van der Waals surface area (Å²) in [6, 6.07) is 0. The molecular formula is C8H14O3. The second-order valence-corrected chi connectivity index (χ2v) is 3.62. The lowest BCUT2D eigenvalue weighted by Gasteiger charge is -2.18. The minimum absolute atomic E-state index is 0.275. The van der Waals surface area contributed by atoms with Gasteiger partial charge in [-0.1, -0.05) is 0 Å². The number of rotatable bonds is 0. The molecule has 0 aromatic carbocycles. The Morgan fingerprint density at radius 2 is 1.82 bits per heavy atom. The maximum absolute atomic E-state index is 9.46. The van der Waals surface area contributed by atoms with Crippen LogP contribution in [-0.4, -0.2) is 29.2 Å². The highest BCUT2D eigenvalue weighted by Gasteiger charge is 2.37. The Morgan fingerprint density at radius 3 is 2.64 bits per heavy atom. The largest absolute Gasteiger partial charge is 0.390 e. The summed E-state index contributed by atoms with van der Waals surface area (Å²) in [5, 5.41) is 18.8. The minimum Gasteiger partial charge on any atom is -0.390 e. The summed E-state index contributed by atoms with van der Waals surface area (Å²) in [5.41, 5.74) is 0. The van der Waals surface area contributed by atoms with Crippen molar-refractivity contribution < 1.29 is 14.9 Å². The monoisotopic (exact) mass is 158 g/mol. The first-order chi connectivity index (χ1) is 5.27. The molecule has 4 unspecified atom stereocenters. The number of aliphatic hydroxyl groups excluding tert-OH is 2. The van der Waals surface area contributed by atoms with E-state index >= 15 is 0 Å². The number of fused-ring (bicyclic) bond motifs is 2. The molecule has 0 radical (unpaired) electrons. The van der Waals surface area contributed by atoms with E-state index in [2.05, 4.69) is 0 Å². The molecule has 2 rings (SSSR count). The van der Waals surface area contributed by atoms with Crippen molar-refractivity contribution in [2.45, 2.75) is 31.7 Å². The topological polar surface area (TPSA) is 49.7 Å². The molecule has 4 atom stereocenters. The zero-order valence-electron chi connectivity index (χ0n) is 6.44. The smallest absolute Gasteiger partial charge is 0.157 e. The summed E-state index contributed by atoms with van der Waals surface area (Å²) >= 11 is 0. The lowest BCUT2D eigenvalue weighted by Crippen LogP contribution is -2.26. The molecule has 0 aromatic rings. The van der Waals surface area contributed by atoms with E-state index < -0.39 is 6.29 Å². The van der Waals surface area contributed by atoms with Gasteiger partial charge in [0.1, 0.15) is 0 Å². The fourth-order valence-corrected chi connectivity index (χ4v) is 2.13. The second kappa shape index (κ2) is 2.73. The lowest BCUT2D eigenvalue weighted by atomic mass is 10.0. The summed E-state index contributed by atoms with van der Waals surface area (Å²) in [5.74, 6) is 0.647. The van der Waals surface area contributed by atoms with Crippen LogP contribution < -0.4 is 0 Å². The third-order valence-electron chi connectivity index (χ3n) is 2.90. The Labute approximate surface area is 66.0 Å². The number of hydrogen-bond donors (Lipinski definition) is 2. The second-order valence-electron chi connectivity index (χ2n) is 3.62. The van der Waals surface area contributed by atoms with E-state index in [0.29, 0.717) is 12.5 Å². The zero-order valence-corrected chi connectivity index (χ0v) is 6.44. The maximum atomic E-state index is 9.46. The molecule has 11 heavy (non-hydrogen) atoms. The molecule has 2 aliphatic rings. The highest BCUT2D eigenvalue weighted by atomic mass is 16.6. The van der Waals surface area contributed by atoms with Crippen LogP contribution in [0.4, 0.5) is 0 Å². The van der Waals surface area contributed by atoms with Gasteiger partial charge in [0.15, 0.2) is 6.29 Å². The van der Waals surface area contributed by atoms with E-state index in [1.54, 1.807) is 0 Å². The van der Waals surface area contributed by atoms with Crippen LogP contribution >= 0.6 is 0 Å². The first-order valence-corrected chi connectivity index (χ1v) is 4.25. The van der Waals surface area contributed by atoms with Crippen LogP contribution in [0.3, 0.4) is 0 Å². The van der Waals surface area contributed by atoms with Crippen LogP contribution in [0.1, 0.15) is 19.3 Å². The molecule has 1 heterocycles. The summed E-state index contributed by atoms with van der Waals surface area (Å²) < 4.78 is 5.05. The maximum Gasteiger partial charge on any atom is 0.157 e. The first-order valence-electron chi connectivity index (χ1n) is 4.25. The van der Waals surface area contributed by atoms with E-state index in [1.807, 2.05) is 0 Å². The average molecular weight is 158 g/mol. The van der Waals surface area contributed by atoms with Gasteiger partial charge in [0.25, 0.3) is 0 Å². The van der Waals surface area contributed by atoms with Gasteiger partial charge >= 0.3 is 0 Å². The number of ether oxygens (including phenoxy) is 1. The molecule has 1 aliphatic heterocycles. The molecule has 1 saturated carbocycles. The fourth-order valence-electron chi connectivity index (χ4n) is 2.13. The standard InChI is InChI=1S/C8H14O3/c9-7-4-11-8(10)6-2-1-5(7)3-6/h5-10H,1-4H2. The molecule has 2 fully saturated rings. The van der Waals surface area contributed by atoms with Crippen LogP contribution in [0.25, 0.3) is 0 Å². The quantitative estimate of drug-likeness (QED) is 0.526. The Hall–Kier alpha value is -0.120. The van der Waals surface area contributed by atoms with Gasteiger partial charge in [0.05, 0.1) is 12.7 Å². The fraction of sp³-hybridized carbons (Fsp3) is 1.00. The van der Waals surface area contributed by atoms with Crippen molar-refractivity contribution in [2.24, 2.45) is 11.8 Å². The number of aliphatic hydroxyl groups is 2. The zero-order chi connectivity index (χ0) is 7.84. The van der Waals surface area contributed by atoms with Gasteiger partial charge in [-0.25, -0.2) is 0 Å². The SMILES string of the molecule is OC1COC(O)C2CCC1C2. The Balaban J connectivity index is 2.07. The highest BCUT2D eigenvalue weighted by Crippen LogP contribution is 2.37. The summed E-state index contributed by atoms with van der Waals surface area (Å²) in [6.07, 6.45) is 2.01. The van der Waals surface area contributed by atoms with Gasteiger partial charge < -0.3 is 14.9 Å². The normalized spacial score (nSPS) is 50.7. The summed E-state index contributed by atoms with van der Waals surface area (Å²) in [4.78, 5) is 0. The summed E-state index contributed by atoms with van der Waals surface area (Å²) in [6.45, 7) is 0.308. The molecule has 2 bridgehead atoms. The predicted octanol–water partition coefficient (Wildman–Crippen LogP) is 0.112. The molecule has 3 nitrogen and oxygen atoms in total. The van der Waals surface area contributed by atoms with Crippen molar-refractivity contribution in [1.82, 2.24) is 0 Å². The van der Waals surface area contributed by atoms with Gasteiger partial charge in [-0.15, -0.1) is 0 Å². The first kappa shape index (κ1) is 7.53. The Kier molecular flexibility index (Phi) is 1.87. The highest BCUT2D eigenvalue weighted by molar-refractivity contribution is 4.84. The molecule has 0 aromatic heterocycles. The van der Waals surface area contributed by atoms with Gasteiger partial charge in [0, 0.05) is 5.92 Å². The molecule has 3 heteroatoms. The van der Waals surface area contributed by atoms with Crippen LogP contribution in [0.5, 0.6) is 0 Å². The van der Waals surface area contributed by atoms with Gasteiger partial charge in [-0.3, -0.25) is 0 Å². The van der Waals surface area contributed by atoms with Crippen LogP contribution in [-0.2, 0) is 4.74 Å². The number of hydrogen-bond acceptors (Lipinski definition) is 3. The molecule has 0 spiro atoms. The molecule has 0 amide bonds. The van der Waals surface area contributed by atoms with Crippen molar-refractivity contribution in [2.75, 3.05) is 6.61 Å². The van der Waals surface area contributed by atoms with E-state index in [1.165, 1.54) is 0 Å². The molecular weight excluding hydrogens is 144 g/mol. The third kappa shape index (κ3) is 1.28. The van der Waals surface area contributed by atoms with Gasteiger partial charge in [0.2, 0.25) is 0 Å². The van der Waals surface area contributed by atoms with E-state index in [9.17, 15) is 10.2 Å². The van der Waals surface area contributed by atoms with Gasteiger partial charge in [-0.2, -0.15) is 0 Å². The summed E-state index contributed by atoms with van der Waals surface area (Å²) in [7, 11) is 0. The molecule has 1 aliphatic carbocycles. The van der Waals surface area contributed by atoms with E-state index in [4.69, 9.17) is 4.74 Å². The minimum atomic E-state index is -0.628.